The summed E-state index contributed by atoms with van der Waals surface area (Å²) in [6.07, 6.45) is 1.07. The zero-order valence-corrected chi connectivity index (χ0v) is 9.32. The fraction of sp³-hybridized carbons (Fsp3) is 0.500. The second-order valence-corrected chi connectivity index (χ2v) is 4.24. The number of alkyl halides is 1. The molecule has 1 saturated heterocycles. The summed E-state index contributed by atoms with van der Waals surface area (Å²) in [7, 11) is 0. The van der Waals surface area contributed by atoms with Crippen molar-refractivity contribution >= 4 is 11.4 Å². The van der Waals surface area contributed by atoms with Gasteiger partial charge in [-0.2, -0.15) is 0 Å². The SMILES string of the molecule is Nc1ccc(N[C@H]2CCN(CCF)C2)cc1. The van der Waals surface area contributed by atoms with Gasteiger partial charge in [-0.25, -0.2) is 4.39 Å². The number of rotatable bonds is 4. The molecule has 0 bridgehead atoms. The normalized spacial score (nSPS) is 21.2. The standard InChI is InChI=1S/C12H18FN3/c13-6-8-16-7-5-12(9-16)15-11-3-1-10(14)2-4-11/h1-4,12,15H,5-9,14H2/t12-/m0/s1. The number of benzene rings is 1. The smallest absolute Gasteiger partial charge is 0.102 e. The molecule has 16 heavy (non-hydrogen) atoms. The minimum atomic E-state index is -0.255. The van der Waals surface area contributed by atoms with Crippen LogP contribution in [0, 0.1) is 0 Å². The average Bonchev–Trinajstić information content (AvgIpc) is 2.70. The van der Waals surface area contributed by atoms with Gasteiger partial charge in [-0.3, -0.25) is 4.90 Å². The summed E-state index contributed by atoms with van der Waals surface area (Å²) in [6.45, 7) is 2.21. The van der Waals surface area contributed by atoms with Crippen molar-refractivity contribution in [3.05, 3.63) is 24.3 Å². The van der Waals surface area contributed by atoms with Crippen molar-refractivity contribution in [2.75, 3.05) is 37.4 Å². The lowest BCUT2D eigenvalue weighted by Gasteiger charge is -2.16. The summed E-state index contributed by atoms with van der Waals surface area (Å²) in [6, 6.07) is 8.16. The molecule has 0 amide bonds. The lowest BCUT2D eigenvalue weighted by molar-refractivity contribution is 0.296. The Hall–Kier alpha value is -1.29. The van der Waals surface area contributed by atoms with Crippen LogP contribution in [-0.2, 0) is 0 Å². The van der Waals surface area contributed by atoms with Crippen LogP contribution < -0.4 is 11.1 Å². The van der Waals surface area contributed by atoms with Crippen LogP contribution in [0.4, 0.5) is 15.8 Å². The van der Waals surface area contributed by atoms with Gasteiger partial charge in [-0.15, -0.1) is 0 Å². The molecule has 2 rings (SSSR count). The van der Waals surface area contributed by atoms with Gasteiger partial charge < -0.3 is 11.1 Å². The van der Waals surface area contributed by atoms with E-state index in [-0.39, 0.29) is 6.67 Å². The summed E-state index contributed by atoms with van der Waals surface area (Å²) >= 11 is 0. The van der Waals surface area contributed by atoms with E-state index in [1.165, 1.54) is 0 Å². The first-order chi connectivity index (χ1) is 7.78. The molecule has 1 atom stereocenters. The van der Waals surface area contributed by atoms with Crippen molar-refractivity contribution in [3.63, 3.8) is 0 Å². The maximum atomic E-state index is 12.2. The van der Waals surface area contributed by atoms with Gasteiger partial charge in [0.2, 0.25) is 0 Å². The Labute approximate surface area is 95.4 Å². The molecular weight excluding hydrogens is 205 g/mol. The van der Waals surface area contributed by atoms with Crippen molar-refractivity contribution in [1.29, 1.82) is 0 Å². The predicted molar refractivity (Wildman–Crippen MR) is 65.3 cm³/mol. The molecule has 88 valence electrons. The molecule has 0 saturated carbocycles. The maximum Gasteiger partial charge on any atom is 0.102 e. The van der Waals surface area contributed by atoms with Crippen LogP contribution in [0.25, 0.3) is 0 Å². The Morgan fingerprint density at radius 2 is 2.12 bits per heavy atom. The van der Waals surface area contributed by atoms with E-state index in [1.54, 1.807) is 0 Å². The fourth-order valence-corrected chi connectivity index (χ4v) is 2.09. The van der Waals surface area contributed by atoms with E-state index in [0.717, 1.165) is 30.9 Å². The van der Waals surface area contributed by atoms with Crippen LogP contribution in [0.2, 0.25) is 0 Å². The molecule has 0 aliphatic carbocycles. The molecule has 1 fully saturated rings. The summed E-state index contributed by atoms with van der Waals surface area (Å²) in [4.78, 5) is 2.15. The summed E-state index contributed by atoms with van der Waals surface area (Å²) in [5, 5.41) is 3.44. The first-order valence-electron chi connectivity index (χ1n) is 5.68. The van der Waals surface area contributed by atoms with E-state index in [1.807, 2.05) is 24.3 Å². The lowest BCUT2D eigenvalue weighted by atomic mass is 10.2. The predicted octanol–water partition coefficient (Wildman–Crippen LogP) is 1.72. The van der Waals surface area contributed by atoms with Crippen LogP contribution in [0.5, 0.6) is 0 Å². The molecule has 1 aliphatic heterocycles. The van der Waals surface area contributed by atoms with Gasteiger partial charge in [-0.05, 0) is 30.7 Å². The minimum Gasteiger partial charge on any atom is -0.399 e. The Kier molecular flexibility index (Phi) is 3.62. The van der Waals surface area contributed by atoms with Crippen LogP contribution in [0.15, 0.2) is 24.3 Å². The molecule has 3 nitrogen and oxygen atoms in total. The van der Waals surface area contributed by atoms with Crippen LogP contribution in [0.1, 0.15) is 6.42 Å². The highest BCUT2D eigenvalue weighted by Crippen LogP contribution is 2.16. The molecule has 0 aromatic heterocycles. The summed E-state index contributed by atoms with van der Waals surface area (Å²) < 4.78 is 12.2. The molecule has 1 aromatic carbocycles. The highest BCUT2D eigenvalue weighted by molar-refractivity contribution is 5.51. The van der Waals surface area contributed by atoms with Crippen molar-refractivity contribution in [2.45, 2.75) is 12.5 Å². The molecule has 1 aliphatic rings. The topological polar surface area (TPSA) is 41.3 Å². The number of nitrogens with zero attached hydrogens (tertiary/aromatic N) is 1. The molecule has 0 radical (unpaired) electrons. The van der Waals surface area contributed by atoms with Crippen LogP contribution >= 0.6 is 0 Å². The fourth-order valence-electron chi connectivity index (χ4n) is 2.09. The first-order valence-corrected chi connectivity index (χ1v) is 5.68. The first kappa shape index (κ1) is 11.2. The number of nitrogens with two attached hydrogens (primary N) is 1. The third-order valence-corrected chi connectivity index (χ3v) is 2.95. The molecule has 4 heteroatoms. The van der Waals surface area contributed by atoms with Gasteiger partial charge in [0.05, 0.1) is 0 Å². The zero-order valence-electron chi connectivity index (χ0n) is 9.32. The third-order valence-electron chi connectivity index (χ3n) is 2.95. The highest BCUT2D eigenvalue weighted by atomic mass is 19.1. The van der Waals surface area contributed by atoms with E-state index in [9.17, 15) is 4.39 Å². The van der Waals surface area contributed by atoms with Crippen LogP contribution in [-0.4, -0.2) is 37.3 Å². The monoisotopic (exact) mass is 223 g/mol. The molecule has 1 aromatic rings. The zero-order chi connectivity index (χ0) is 11.4. The van der Waals surface area contributed by atoms with Gasteiger partial charge in [0.15, 0.2) is 0 Å². The number of hydrogen-bond acceptors (Lipinski definition) is 3. The number of nitrogen functional groups attached to an aromatic ring is 1. The number of likely N-dealkylation sites (tertiary alicyclic amines) is 1. The van der Waals surface area contributed by atoms with E-state index < -0.39 is 0 Å². The van der Waals surface area contributed by atoms with E-state index >= 15 is 0 Å². The Balaban J connectivity index is 1.84. The van der Waals surface area contributed by atoms with Crippen molar-refractivity contribution in [3.8, 4) is 0 Å². The Bertz CT molecular complexity index is 326. The number of anilines is 2. The summed E-state index contributed by atoms with van der Waals surface area (Å²) in [5.41, 5.74) is 7.48. The average molecular weight is 223 g/mol. The second kappa shape index (κ2) is 5.16. The number of nitrogens with one attached hydrogen (secondary N) is 1. The quantitative estimate of drug-likeness (QED) is 0.764. The number of hydrogen-bond donors (Lipinski definition) is 2. The van der Waals surface area contributed by atoms with Crippen molar-refractivity contribution < 1.29 is 4.39 Å². The van der Waals surface area contributed by atoms with Gasteiger partial charge in [-0.1, -0.05) is 0 Å². The lowest BCUT2D eigenvalue weighted by Crippen LogP contribution is -2.27. The molecule has 0 spiro atoms. The van der Waals surface area contributed by atoms with Gasteiger partial charge in [0.25, 0.3) is 0 Å². The van der Waals surface area contributed by atoms with Crippen molar-refractivity contribution in [1.82, 2.24) is 4.90 Å². The van der Waals surface area contributed by atoms with E-state index in [4.69, 9.17) is 5.73 Å². The van der Waals surface area contributed by atoms with E-state index in [0.29, 0.717) is 12.6 Å². The molecule has 3 N–H and O–H groups in total. The Morgan fingerprint density at radius 3 is 2.81 bits per heavy atom. The van der Waals surface area contributed by atoms with Gasteiger partial charge in [0.1, 0.15) is 6.67 Å². The summed E-state index contributed by atoms with van der Waals surface area (Å²) in [5.74, 6) is 0. The van der Waals surface area contributed by atoms with Crippen molar-refractivity contribution in [2.24, 2.45) is 0 Å². The molecular formula is C12H18FN3. The Morgan fingerprint density at radius 1 is 1.38 bits per heavy atom. The maximum absolute atomic E-state index is 12.2. The second-order valence-electron chi connectivity index (χ2n) is 4.24. The number of halogens is 1. The molecule has 0 unspecified atom stereocenters. The third kappa shape index (κ3) is 2.85. The minimum absolute atomic E-state index is 0.255. The highest BCUT2D eigenvalue weighted by Gasteiger charge is 2.21. The van der Waals surface area contributed by atoms with Gasteiger partial charge in [0, 0.05) is 37.1 Å². The van der Waals surface area contributed by atoms with E-state index in [2.05, 4.69) is 10.2 Å². The largest absolute Gasteiger partial charge is 0.399 e. The van der Waals surface area contributed by atoms with Gasteiger partial charge >= 0.3 is 0 Å². The molecule has 1 heterocycles. The van der Waals surface area contributed by atoms with Crippen LogP contribution in [0.3, 0.4) is 0 Å².